The van der Waals surface area contributed by atoms with Crippen LogP contribution in [0.3, 0.4) is 0 Å². The van der Waals surface area contributed by atoms with Crippen LogP contribution in [0.2, 0.25) is 0 Å². The Labute approximate surface area is 130 Å². The first-order chi connectivity index (χ1) is 10.3. The SMILES string of the molecule is NNC(CCC1CCCCC1)Cc1nc2ccccc2s1. The summed E-state index contributed by atoms with van der Waals surface area (Å²) < 4.78 is 1.27. The number of nitrogens with one attached hydrogen (secondary N) is 1. The molecule has 0 radical (unpaired) electrons. The minimum atomic E-state index is 0.354. The Morgan fingerprint density at radius 1 is 1.24 bits per heavy atom. The van der Waals surface area contributed by atoms with Crippen LogP contribution in [0.5, 0.6) is 0 Å². The Morgan fingerprint density at radius 2 is 2.05 bits per heavy atom. The predicted octanol–water partition coefficient (Wildman–Crippen LogP) is 4.03. The third kappa shape index (κ3) is 4.02. The molecule has 21 heavy (non-hydrogen) atoms. The molecule has 1 aliphatic rings. The van der Waals surface area contributed by atoms with Gasteiger partial charge in [-0.05, 0) is 30.9 Å². The molecule has 3 rings (SSSR count). The third-order valence-electron chi connectivity index (χ3n) is 4.64. The molecule has 3 N–H and O–H groups in total. The zero-order valence-corrected chi connectivity index (χ0v) is 13.4. The molecular weight excluding hydrogens is 278 g/mol. The Bertz CT molecular complexity index is 527. The first-order valence-electron chi connectivity index (χ1n) is 8.15. The predicted molar refractivity (Wildman–Crippen MR) is 90.2 cm³/mol. The van der Waals surface area contributed by atoms with Gasteiger partial charge < -0.3 is 0 Å². The maximum Gasteiger partial charge on any atom is 0.0954 e. The minimum absolute atomic E-state index is 0.354. The Morgan fingerprint density at radius 3 is 2.81 bits per heavy atom. The highest BCUT2D eigenvalue weighted by Crippen LogP contribution is 2.28. The van der Waals surface area contributed by atoms with E-state index in [2.05, 4.69) is 23.6 Å². The lowest BCUT2D eigenvalue weighted by molar-refractivity contribution is 0.313. The molecule has 0 spiro atoms. The lowest BCUT2D eigenvalue weighted by Crippen LogP contribution is -2.37. The average molecular weight is 303 g/mol. The number of nitrogens with two attached hydrogens (primary N) is 1. The summed E-state index contributed by atoms with van der Waals surface area (Å²) in [5.74, 6) is 6.68. The first kappa shape index (κ1) is 14.9. The molecule has 0 aliphatic heterocycles. The summed E-state index contributed by atoms with van der Waals surface area (Å²) in [6.45, 7) is 0. The molecular formula is C17H25N3S. The van der Waals surface area contributed by atoms with Crippen molar-refractivity contribution < 1.29 is 0 Å². The van der Waals surface area contributed by atoms with E-state index in [0.29, 0.717) is 6.04 Å². The number of hydrogen-bond acceptors (Lipinski definition) is 4. The van der Waals surface area contributed by atoms with Gasteiger partial charge in [0.2, 0.25) is 0 Å². The molecule has 3 nitrogen and oxygen atoms in total. The smallest absolute Gasteiger partial charge is 0.0954 e. The lowest BCUT2D eigenvalue weighted by atomic mass is 9.85. The van der Waals surface area contributed by atoms with Crippen molar-refractivity contribution in [2.45, 2.75) is 57.4 Å². The maximum absolute atomic E-state index is 5.76. The maximum atomic E-state index is 5.76. The first-order valence-corrected chi connectivity index (χ1v) is 8.97. The molecule has 0 bridgehead atoms. The summed E-state index contributed by atoms with van der Waals surface area (Å²) in [5.41, 5.74) is 4.11. The van der Waals surface area contributed by atoms with E-state index in [0.717, 1.165) is 24.3 Å². The Balaban J connectivity index is 1.55. The fourth-order valence-corrected chi connectivity index (χ4v) is 4.42. The van der Waals surface area contributed by atoms with Crippen LogP contribution in [-0.4, -0.2) is 11.0 Å². The fourth-order valence-electron chi connectivity index (χ4n) is 3.38. The number of fused-ring (bicyclic) bond motifs is 1. The molecule has 1 aromatic carbocycles. The number of thiazole rings is 1. The van der Waals surface area contributed by atoms with Gasteiger partial charge in [0.25, 0.3) is 0 Å². The van der Waals surface area contributed by atoms with Crippen LogP contribution >= 0.6 is 11.3 Å². The number of aromatic nitrogens is 1. The van der Waals surface area contributed by atoms with E-state index >= 15 is 0 Å². The number of hydrogen-bond donors (Lipinski definition) is 2. The summed E-state index contributed by atoms with van der Waals surface area (Å²) in [5, 5.41) is 1.20. The second kappa shape index (κ2) is 7.34. The summed E-state index contributed by atoms with van der Waals surface area (Å²) in [4.78, 5) is 4.72. The molecule has 2 aromatic rings. The van der Waals surface area contributed by atoms with Crippen molar-refractivity contribution in [3.8, 4) is 0 Å². The molecule has 1 saturated carbocycles. The van der Waals surface area contributed by atoms with E-state index < -0.39 is 0 Å². The van der Waals surface area contributed by atoms with E-state index in [9.17, 15) is 0 Å². The Kier molecular flexibility index (Phi) is 5.22. The van der Waals surface area contributed by atoms with Crippen molar-refractivity contribution in [1.29, 1.82) is 0 Å². The molecule has 1 heterocycles. The second-order valence-electron chi connectivity index (χ2n) is 6.22. The second-order valence-corrected chi connectivity index (χ2v) is 7.34. The van der Waals surface area contributed by atoms with Gasteiger partial charge in [-0.3, -0.25) is 11.3 Å². The summed E-state index contributed by atoms with van der Waals surface area (Å²) in [7, 11) is 0. The van der Waals surface area contributed by atoms with Crippen LogP contribution < -0.4 is 11.3 Å². The average Bonchev–Trinajstić information content (AvgIpc) is 2.94. The quantitative estimate of drug-likeness (QED) is 0.625. The van der Waals surface area contributed by atoms with E-state index in [1.54, 1.807) is 11.3 Å². The van der Waals surface area contributed by atoms with Crippen molar-refractivity contribution in [1.82, 2.24) is 10.4 Å². The van der Waals surface area contributed by atoms with E-state index in [-0.39, 0.29) is 0 Å². The molecule has 1 aromatic heterocycles. The van der Waals surface area contributed by atoms with Crippen molar-refractivity contribution in [3.05, 3.63) is 29.3 Å². The van der Waals surface area contributed by atoms with Gasteiger partial charge in [-0.2, -0.15) is 0 Å². The van der Waals surface area contributed by atoms with Crippen LogP contribution in [0.1, 0.15) is 50.0 Å². The summed E-state index contributed by atoms with van der Waals surface area (Å²) in [6, 6.07) is 8.71. The molecule has 1 fully saturated rings. The van der Waals surface area contributed by atoms with Gasteiger partial charge in [0.1, 0.15) is 0 Å². The van der Waals surface area contributed by atoms with Gasteiger partial charge >= 0.3 is 0 Å². The number of nitrogens with zero attached hydrogens (tertiary/aromatic N) is 1. The van der Waals surface area contributed by atoms with E-state index in [4.69, 9.17) is 10.8 Å². The van der Waals surface area contributed by atoms with Gasteiger partial charge in [0, 0.05) is 12.5 Å². The lowest BCUT2D eigenvalue weighted by Gasteiger charge is -2.23. The highest BCUT2D eigenvalue weighted by Gasteiger charge is 2.17. The monoisotopic (exact) mass is 303 g/mol. The summed E-state index contributed by atoms with van der Waals surface area (Å²) in [6.07, 6.45) is 10.5. The molecule has 0 amide bonds. The number of rotatable bonds is 6. The van der Waals surface area contributed by atoms with Crippen molar-refractivity contribution in [2.75, 3.05) is 0 Å². The van der Waals surface area contributed by atoms with Crippen molar-refractivity contribution >= 4 is 21.6 Å². The van der Waals surface area contributed by atoms with Crippen LogP contribution in [0.15, 0.2) is 24.3 Å². The van der Waals surface area contributed by atoms with Crippen LogP contribution in [0, 0.1) is 5.92 Å². The molecule has 1 aliphatic carbocycles. The van der Waals surface area contributed by atoms with Crippen molar-refractivity contribution in [2.24, 2.45) is 11.8 Å². The highest BCUT2D eigenvalue weighted by molar-refractivity contribution is 7.18. The normalized spacial score (nSPS) is 18.1. The molecule has 1 unspecified atom stereocenters. The Hall–Kier alpha value is -0.970. The van der Waals surface area contributed by atoms with E-state index in [1.807, 2.05) is 6.07 Å². The molecule has 114 valence electrons. The highest BCUT2D eigenvalue weighted by atomic mass is 32.1. The van der Waals surface area contributed by atoms with Crippen LogP contribution in [-0.2, 0) is 6.42 Å². The fraction of sp³-hybridized carbons (Fsp3) is 0.588. The van der Waals surface area contributed by atoms with E-state index in [1.165, 1.54) is 48.2 Å². The topological polar surface area (TPSA) is 50.9 Å². The van der Waals surface area contributed by atoms with Gasteiger partial charge in [-0.15, -0.1) is 11.3 Å². The number of para-hydroxylation sites is 1. The zero-order valence-electron chi connectivity index (χ0n) is 12.6. The van der Waals surface area contributed by atoms with Gasteiger partial charge in [0.05, 0.1) is 15.2 Å². The molecule has 1 atom stereocenters. The number of hydrazine groups is 1. The van der Waals surface area contributed by atoms with Gasteiger partial charge in [-0.1, -0.05) is 44.2 Å². The minimum Gasteiger partial charge on any atom is -0.271 e. The standard InChI is InChI=1S/C17H25N3S/c18-20-14(11-10-13-6-2-1-3-7-13)12-17-19-15-8-4-5-9-16(15)21-17/h4-5,8-9,13-14,20H,1-3,6-7,10-12,18H2. The van der Waals surface area contributed by atoms with Crippen LogP contribution in [0.4, 0.5) is 0 Å². The summed E-state index contributed by atoms with van der Waals surface area (Å²) >= 11 is 1.80. The van der Waals surface area contributed by atoms with Crippen molar-refractivity contribution in [3.63, 3.8) is 0 Å². The van der Waals surface area contributed by atoms with Gasteiger partial charge in [-0.25, -0.2) is 4.98 Å². The largest absolute Gasteiger partial charge is 0.271 e. The third-order valence-corrected chi connectivity index (χ3v) is 5.70. The van der Waals surface area contributed by atoms with Crippen LogP contribution in [0.25, 0.3) is 10.2 Å². The van der Waals surface area contributed by atoms with Gasteiger partial charge in [0.15, 0.2) is 0 Å². The zero-order chi connectivity index (χ0) is 14.5. The number of benzene rings is 1. The molecule has 4 heteroatoms. The molecule has 0 saturated heterocycles.